The van der Waals surface area contributed by atoms with Gasteiger partial charge in [0.15, 0.2) is 0 Å². The van der Waals surface area contributed by atoms with Gasteiger partial charge in [0.1, 0.15) is 5.75 Å². The summed E-state index contributed by atoms with van der Waals surface area (Å²) in [6, 6.07) is 20.2. The van der Waals surface area contributed by atoms with Gasteiger partial charge in [-0.2, -0.15) is 0 Å². The van der Waals surface area contributed by atoms with Crippen molar-refractivity contribution in [3.05, 3.63) is 83.9 Å². The Hall–Kier alpha value is -3.32. The first-order valence-corrected chi connectivity index (χ1v) is 11.0. The number of benzene rings is 3. The molecule has 3 aromatic carbocycles. The monoisotopic (exact) mass is 424 g/mol. The highest BCUT2D eigenvalue weighted by atomic mass is 32.2. The molecule has 0 atom stereocenters. The lowest BCUT2D eigenvalue weighted by Crippen LogP contribution is -2.29. The van der Waals surface area contributed by atoms with Crippen molar-refractivity contribution in [3.8, 4) is 5.75 Å². The minimum absolute atomic E-state index is 0.162. The minimum Gasteiger partial charge on any atom is -0.494 e. The molecule has 0 saturated heterocycles. The predicted molar refractivity (Wildman–Crippen MR) is 119 cm³/mol. The molecule has 0 radical (unpaired) electrons. The fourth-order valence-electron chi connectivity index (χ4n) is 2.97. The highest BCUT2D eigenvalue weighted by Crippen LogP contribution is 2.27. The summed E-state index contributed by atoms with van der Waals surface area (Å²) in [6.07, 6.45) is 0. The molecule has 3 aromatic rings. The van der Waals surface area contributed by atoms with E-state index in [0.717, 1.165) is 9.87 Å². The molecule has 0 aliphatic rings. The highest BCUT2D eigenvalue weighted by molar-refractivity contribution is 7.92. The van der Waals surface area contributed by atoms with Crippen molar-refractivity contribution in [3.63, 3.8) is 0 Å². The average molecular weight is 425 g/mol. The number of anilines is 2. The zero-order chi connectivity index (χ0) is 21.7. The molecular formula is C23H24N2O4S. The third-order valence-electron chi connectivity index (χ3n) is 4.57. The molecule has 0 aliphatic heterocycles. The molecule has 0 aromatic heterocycles. The van der Waals surface area contributed by atoms with E-state index in [0.29, 0.717) is 18.0 Å². The third kappa shape index (κ3) is 4.63. The van der Waals surface area contributed by atoms with Crippen molar-refractivity contribution in [1.82, 2.24) is 0 Å². The molecular weight excluding hydrogens is 400 g/mol. The maximum absolute atomic E-state index is 13.1. The normalized spacial score (nSPS) is 11.0. The first-order chi connectivity index (χ1) is 14.3. The molecule has 0 unspecified atom stereocenters. The van der Waals surface area contributed by atoms with Crippen LogP contribution >= 0.6 is 0 Å². The van der Waals surface area contributed by atoms with E-state index >= 15 is 0 Å². The predicted octanol–water partition coefficient (Wildman–Crippen LogP) is 4.47. The van der Waals surface area contributed by atoms with Crippen LogP contribution in [0.5, 0.6) is 5.75 Å². The van der Waals surface area contributed by atoms with Gasteiger partial charge < -0.3 is 10.1 Å². The molecule has 3 rings (SSSR count). The topological polar surface area (TPSA) is 75.7 Å². The Morgan fingerprint density at radius 3 is 2.40 bits per heavy atom. The van der Waals surface area contributed by atoms with Crippen molar-refractivity contribution in [1.29, 1.82) is 0 Å². The summed E-state index contributed by atoms with van der Waals surface area (Å²) in [5.74, 6) is 0.229. The Kier molecular flexibility index (Phi) is 6.42. The number of carbonyl (C=O) groups is 1. The van der Waals surface area contributed by atoms with Crippen LogP contribution in [0, 0.1) is 6.92 Å². The van der Waals surface area contributed by atoms with Gasteiger partial charge in [0.25, 0.3) is 15.9 Å². The van der Waals surface area contributed by atoms with Crippen LogP contribution in [-0.2, 0) is 10.0 Å². The molecule has 0 bridgehead atoms. The van der Waals surface area contributed by atoms with Crippen LogP contribution in [0.25, 0.3) is 0 Å². The molecule has 0 aliphatic carbocycles. The molecule has 1 N–H and O–H groups in total. The van der Waals surface area contributed by atoms with Crippen LogP contribution in [-0.4, -0.2) is 28.0 Å². The van der Waals surface area contributed by atoms with Crippen molar-refractivity contribution < 1.29 is 17.9 Å². The summed E-state index contributed by atoms with van der Waals surface area (Å²) in [4.78, 5) is 13.1. The van der Waals surface area contributed by atoms with Crippen LogP contribution in [0.3, 0.4) is 0 Å². The van der Waals surface area contributed by atoms with E-state index in [1.807, 2.05) is 13.8 Å². The molecule has 30 heavy (non-hydrogen) atoms. The maximum atomic E-state index is 13.1. The lowest BCUT2D eigenvalue weighted by molar-refractivity contribution is 0.102. The number of nitrogens with zero attached hydrogens (tertiary/aromatic N) is 1. The highest BCUT2D eigenvalue weighted by Gasteiger charge is 2.25. The van der Waals surface area contributed by atoms with Crippen LogP contribution in [0.4, 0.5) is 11.4 Å². The van der Waals surface area contributed by atoms with Crippen molar-refractivity contribution in [2.45, 2.75) is 18.7 Å². The summed E-state index contributed by atoms with van der Waals surface area (Å²) in [5, 5.41) is 2.81. The third-order valence-corrected chi connectivity index (χ3v) is 6.36. The lowest BCUT2D eigenvalue weighted by Gasteiger charge is -2.22. The number of sulfonamides is 1. The molecule has 6 nitrogen and oxygen atoms in total. The molecule has 0 fully saturated rings. The molecule has 7 heteroatoms. The van der Waals surface area contributed by atoms with Gasteiger partial charge in [-0.25, -0.2) is 8.42 Å². The molecule has 1 amide bonds. The SMILES string of the molecule is CCOc1cccc(NC(=O)c2ccccc2N(C)S(=O)(=O)c2ccc(C)cc2)c1. The Labute approximate surface area is 177 Å². The zero-order valence-corrected chi connectivity index (χ0v) is 17.9. The van der Waals surface area contributed by atoms with Crippen LogP contribution in [0.1, 0.15) is 22.8 Å². The number of carbonyl (C=O) groups excluding carboxylic acids is 1. The summed E-state index contributed by atoms with van der Waals surface area (Å²) in [5.41, 5.74) is 2.06. The summed E-state index contributed by atoms with van der Waals surface area (Å²) < 4.78 is 32.7. The van der Waals surface area contributed by atoms with E-state index in [-0.39, 0.29) is 16.1 Å². The summed E-state index contributed by atoms with van der Waals surface area (Å²) >= 11 is 0. The summed E-state index contributed by atoms with van der Waals surface area (Å²) in [6.45, 7) is 4.29. The van der Waals surface area contributed by atoms with E-state index in [4.69, 9.17) is 4.74 Å². The second-order valence-electron chi connectivity index (χ2n) is 6.72. The van der Waals surface area contributed by atoms with E-state index < -0.39 is 15.9 Å². The van der Waals surface area contributed by atoms with E-state index in [9.17, 15) is 13.2 Å². The Balaban J connectivity index is 1.91. The Morgan fingerprint density at radius 1 is 1.00 bits per heavy atom. The quantitative estimate of drug-likeness (QED) is 0.607. The fourth-order valence-corrected chi connectivity index (χ4v) is 4.18. The standard InChI is InChI=1S/C23H24N2O4S/c1-4-29-19-9-7-8-18(16-19)24-23(26)21-10-5-6-11-22(21)25(3)30(27,28)20-14-12-17(2)13-15-20/h5-16H,4H2,1-3H3,(H,24,26). The van der Waals surface area contributed by atoms with Gasteiger partial charge in [-0.3, -0.25) is 9.10 Å². The average Bonchev–Trinajstić information content (AvgIpc) is 2.74. The Bertz CT molecular complexity index is 1140. The second kappa shape index (κ2) is 9.00. The number of nitrogens with one attached hydrogen (secondary N) is 1. The van der Waals surface area contributed by atoms with E-state index in [2.05, 4.69) is 5.32 Å². The van der Waals surface area contributed by atoms with Gasteiger partial charge in [0.2, 0.25) is 0 Å². The van der Waals surface area contributed by atoms with Gasteiger partial charge in [-0.1, -0.05) is 35.9 Å². The molecule has 0 spiro atoms. The van der Waals surface area contributed by atoms with Gasteiger partial charge in [0.05, 0.1) is 22.8 Å². The first-order valence-electron chi connectivity index (χ1n) is 9.51. The largest absolute Gasteiger partial charge is 0.494 e. The molecule has 0 saturated carbocycles. The number of para-hydroxylation sites is 1. The van der Waals surface area contributed by atoms with E-state index in [1.54, 1.807) is 72.8 Å². The van der Waals surface area contributed by atoms with Gasteiger partial charge in [-0.15, -0.1) is 0 Å². The number of hydrogen-bond acceptors (Lipinski definition) is 4. The van der Waals surface area contributed by atoms with Crippen molar-refractivity contribution in [2.24, 2.45) is 0 Å². The van der Waals surface area contributed by atoms with Crippen molar-refractivity contribution in [2.75, 3.05) is 23.3 Å². The smallest absolute Gasteiger partial charge is 0.264 e. The zero-order valence-electron chi connectivity index (χ0n) is 17.1. The summed E-state index contributed by atoms with van der Waals surface area (Å²) in [7, 11) is -2.38. The number of rotatable bonds is 7. The van der Waals surface area contributed by atoms with Crippen LogP contribution in [0.2, 0.25) is 0 Å². The minimum atomic E-state index is -3.82. The van der Waals surface area contributed by atoms with Gasteiger partial charge >= 0.3 is 0 Å². The second-order valence-corrected chi connectivity index (χ2v) is 8.69. The van der Waals surface area contributed by atoms with Crippen LogP contribution < -0.4 is 14.4 Å². The lowest BCUT2D eigenvalue weighted by atomic mass is 10.1. The van der Waals surface area contributed by atoms with Crippen LogP contribution in [0.15, 0.2) is 77.7 Å². The van der Waals surface area contributed by atoms with Gasteiger partial charge in [0, 0.05) is 18.8 Å². The molecule has 156 valence electrons. The van der Waals surface area contributed by atoms with E-state index in [1.165, 1.54) is 7.05 Å². The van der Waals surface area contributed by atoms with Gasteiger partial charge in [-0.05, 0) is 50.2 Å². The Morgan fingerprint density at radius 2 is 1.70 bits per heavy atom. The number of amides is 1. The van der Waals surface area contributed by atoms with Crippen molar-refractivity contribution >= 4 is 27.3 Å². The first kappa shape index (κ1) is 21.4. The number of hydrogen-bond donors (Lipinski definition) is 1. The number of aryl methyl sites for hydroxylation is 1. The fraction of sp³-hybridized carbons (Fsp3) is 0.174. The maximum Gasteiger partial charge on any atom is 0.264 e. The molecule has 0 heterocycles. The number of ether oxygens (including phenoxy) is 1.